The molecule has 4 heteroatoms. The van der Waals surface area contributed by atoms with Crippen molar-refractivity contribution >= 4 is 21.7 Å². The second kappa shape index (κ2) is 16.2. The molecular formula is C38H60Cl2SiZr. The Hall–Kier alpha value is -0.400. The Labute approximate surface area is 280 Å². The average Bonchev–Trinajstić information content (AvgIpc) is 3.40. The molecule has 0 bridgehead atoms. The van der Waals surface area contributed by atoms with Crippen LogP contribution in [0.3, 0.4) is 0 Å². The molecule has 0 aromatic heterocycles. The van der Waals surface area contributed by atoms with E-state index in [2.05, 4.69) is 133 Å². The van der Waals surface area contributed by atoms with Crippen LogP contribution in [0.2, 0.25) is 21.4 Å². The van der Waals surface area contributed by atoms with Crippen LogP contribution in [0, 0.1) is 0 Å². The Morgan fingerprint density at radius 2 is 0.905 bits per heavy atom. The van der Waals surface area contributed by atoms with Gasteiger partial charge in [0.25, 0.3) is 0 Å². The number of benzene rings is 2. The van der Waals surface area contributed by atoms with E-state index in [9.17, 15) is 0 Å². The van der Waals surface area contributed by atoms with Gasteiger partial charge in [-0.3, -0.25) is 0 Å². The summed E-state index contributed by atoms with van der Waals surface area (Å²) >= 11 is -2.91. The molecule has 42 heavy (non-hydrogen) atoms. The molecule has 0 heterocycles. The van der Waals surface area contributed by atoms with Crippen LogP contribution in [0.1, 0.15) is 159 Å². The maximum Gasteiger partial charge on any atom is 0.0135 e. The molecule has 2 aromatic carbocycles. The van der Waals surface area contributed by atoms with Crippen LogP contribution in [0.25, 0.3) is 12.2 Å². The second-order valence-corrected chi connectivity index (χ2v) is 27.9. The van der Waals surface area contributed by atoms with Crippen LogP contribution in [-0.2, 0) is 20.3 Å². The number of rotatable bonds is 8. The van der Waals surface area contributed by atoms with E-state index in [1.54, 1.807) is 44.5 Å². The topological polar surface area (TPSA) is 0 Å². The number of hydrogen-bond donors (Lipinski definition) is 0. The minimum Gasteiger partial charge on any atom is -1.00 e. The SMILES string of the molecule is C[CH2][Zr+2]([CH2]C)([CH]1C(C)=Cc2c(C(C)C)cc(C(C)C)cc21)[CH]1C(C)=Cc2c(C(C)C)cc(C(C)C)cc21.C[SiH2]C.[Cl-].[Cl-]. The average molecular weight is 707 g/mol. The van der Waals surface area contributed by atoms with Gasteiger partial charge in [0.05, 0.1) is 0 Å². The molecule has 0 radical (unpaired) electrons. The van der Waals surface area contributed by atoms with Crippen molar-refractivity contribution in [3.8, 4) is 0 Å². The van der Waals surface area contributed by atoms with Gasteiger partial charge in [0.15, 0.2) is 0 Å². The van der Waals surface area contributed by atoms with Crippen molar-refractivity contribution in [3.05, 3.63) is 79.9 Å². The van der Waals surface area contributed by atoms with Crippen molar-refractivity contribution in [2.75, 3.05) is 0 Å². The minimum absolute atomic E-state index is 0. The summed E-state index contributed by atoms with van der Waals surface area (Å²) in [6.07, 6.45) is 5.21. The van der Waals surface area contributed by atoms with Crippen LogP contribution < -0.4 is 24.8 Å². The third-order valence-electron chi connectivity index (χ3n) is 9.85. The summed E-state index contributed by atoms with van der Waals surface area (Å²) in [6, 6.07) is 10.3. The quantitative estimate of drug-likeness (QED) is 0.292. The predicted molar refractivity (Wildman–Crippen MR) is 183 cm³/mol. The van der Waals surface area contributed by atoms with Crippen LogP contribution in [0.5, 0.6) is 0 Å². The first-order chi connectivity index (χ1) is 18.8. The van der Waals surface area contributed by atoms with E-state index in [1.165, 1.54) is 19.4 Å². The molecule has 0 amide bonds. The molecule has 2 unspecified atom stereocenters. The first-order valence-electron chi connectivity index (χ1n) is 16.5. The van der Waals surface area contributed by atoms with Gasteiger partial charge < -0.3 is 24.8 Å². The van der Waals surface area contributed by atoms with E-state index in [0.717, 1.165) is 0 Å². The summed E-state index contributed by atoms with van der Waals surface area (Å²) in [5.74, 6) is 2.24. The molecule has 2 aliphatic carbocycles. The van der Waals surface area contributed by atoms with Gasteiger partial charge in [-0.2, -0.15) is 0 Å². The molecule has 0 nitrogen and oxygen atoms in total. The first-order valence-corrected chi connectivity index (χ1v) is 25.6. The zero-order chi connectivity index (χ0) is 30.1. The molecule has 0 fully saturated rings. The summed E-state index contributed by atoms with van der Waals surface area (Å²) < 4.78 is 4.11. The molecule has 2 aromatic rings. The Kier molecular flexibility index (Phi) is 15.3. The fraction of sp³-hybridized carbons (Fsp3) is 0.579. The molecule has 0 spiro atoms. The fourth-order valence-electron chi connectivity index (χ4n) is 7.75. The monoisotopic (exact) mass is 704 g/mol. The van der Waals surface area contributed by atoms with E-state index < -0.39 is 20.3 Å². The molecular weight excluding hydrogens is 647 g/mol. The summed E-state index contributed by atoms with van der Waals surface area (Å²) in [6.45, 7) is 33.6. The standard InChI is InChI=1S/2C16H21.C2H8Si.2C2H5.2ClH.Zr/c2*1-10(2)13-8-14-6-12(5)7-16(14)15(9-13)11(3)4;1-3-2;2*1-2;;;/h2*6-11H,1-5H3;3H2,1-2H3;2*1H2,2H3;2*1H;/q;;;;;;;+2/p-2. The summed E-state index contributed by atoms with van der Waals surface area (Å²) in [7, 11) is 0.417. The van der Waals surface area contributed by atoms with E-state index in [-0.39, 0.29) is 24.8 Å². The van der Waals surface area contributed by atoms with Crippen molar-refractivity contribution in [2.45, 2.75) is 135 Å². The van der Waals surface area contributed by atoms with Crippen molar-refractivity contribution in [1.82, 2.24) is 0 Å². The molecule has 0 N–H and O–H groups in total. The van der Waals surface area contributed by atoms with Crippen molar-refractivity contribution < 1.29 is 45.1 Å². The first kappa shape index (κ1) is 39.6. The van der Waals surface area contributed by atoms with Gasteiger partial charge in [-0.1, -0.05) is 13.1 Å². The minimum atomic E-state index is -2.91. The third-order valence-corrected chi connectivity index (χ3v) is 25.7. The maximum absolute atomic E-state index is 2.91. The van der Waals surface area contributed by atoms with Gasteiger partial charge in [0.2, 0.25) is 0 Å². The fourth-order valence-corrected chi connectivity index (χ4v) is 22.9. The van der Waals surface area contributed by atoms with E-state index >= 15 is 0 Å². The Morgan fingerprint density at radius 3 is 1.14 bits per heavy atom. The molecule has 4 rings (SSSR count). The number of fused-ring (bicyclic) bond motifs is 2. The Morgan fingerprint density at radius 1 is 0.595 bits per heavy atom. The van der Waals surface area contributed by atoms with E-state index in [4.69, 9.17) is 0 Å². The van der Waals surface area contributed by atoms with Crippen molar-refractivity contribution in [3.63, 3.8) is 0 Å². The van der Waals surface area contributed by atoms with Crippen LogP contribution in [0.15, 0.2) is 35.4 Å². The summed E-state index contributed by atoms with van der Waals surface area (Å²) in [5, 5.41) is 0. The van der Waals surface area contributed by atoms with Crippen LogP contribution in [0.4, 0.5) is 0 Å². The maximum atomic E-state index is 2.64. The molecule has 2 atom stereocenters. The van der Waals surface area contributed by atoms with Gasteiger partial charge in [0, 0.05) is 9.52 Å². The molecule has 234 valence electrons. The van der Waals surface area contributed by atoms with Crippen LogP contribution >= 0.6 is 0 Å². The molecule has 0 saturated carbocycles. The van der Waals surface area contributed by atoms with Gasteiger partial charge in [0.1, 0.15) is 0 Å². The third kappa shape index (κ3) is 7.35. The van der Waals surface area contributed by atoms with E-state index in [1.807, 2.05) is 0 Å². The predicted octanol–water partition coefficient (Wildman–Crippen LogP) is 6.09. The largest absolute Gasteiger partial charge is 1.00 e. The van der Waals surface area contributed by atoms with Gasteiger partial charge in [-0.05, 0) is 0 Å². The summed E-state index contributed by atoms with van der Waals surface area (Å²) in [5.41, 5.74) is 16.0. The number of hydrogen-bond acceptors (Lipinski definition) is 0. The second-order valence-electron chi connectivity index (χ2n) is 14.1. The van der Waals surface area contributed by atoms with Gasteiger partial charge in [-0.25, -0.2) is 0 Å². The van der Waals surface area contributed by atoms with Gasteiger partial charge >= 0.3 is 235 Å². The smallest absolute Gasteiger partial charge is 0.0135 e. The van der Waals surface area contributed by atoms with Crippen molar-refractivity contribution in [1.29, 1.82) is 0 Å². The Bertz CT molecular complexity index is 1170. The molecule has 2 aliphatic rings. The normalized spacial score (nSPS) is 17.0. The molecule has 0 aliphatic heterocycles. The number of allylic oxidation sites excluding steroid dienone is 2. The zero-order valence-corrected chi connectivity index (χ0v) is 34.7. The number of halogens is 2. The van der Waals surface area contributed by atoms with Gasteiger partial charge in [-0.15, -0.1) is 0 Å². The van der Waals surface area contributed by atoms with E-state index in [0.29, 0.717) is 40.4 Å². The summed E-state index contributed by atoms with van der Waals surface area (Å²) in [4.78, 5) is 0. The van der Waals surface area contributed by atoms with Crippen LogP contribution in [-0.4, -0.2) is 9.52 Å². The molecule has 0 saturated heterocycles. The Balaban J connectivity index is 0.00000169. The zero-order valence-electron chi connectivity index (χ0n) is 29.3. The van der Waals surface area contributed by atoms with Crippen molar-refractivity contribution in [2.24, 2.45) is 0 Å².